The standard InChI is InChI=1S/C56H73N7O8/c1-11-62-47-21-18-39-29-43(47)44(50(62)42-17-13-25-57-49(42)36(4)69-10)30-54(5,6)34-71-53(67)56(68)23-14-26-63(59-56)52(66)46(28-37-15-12-16-38(39)27-37)58-51(65)45(35(2)3)33-70-41-31-61(32-41)48(64)22-24-55(7,8)60(9)40-19-20-40/h12-13,15-18,21,25,27,29,35-36,40-41,45-46,59,68H,11,14,19-20,23,26,28,30-34H2,1-10H3,(H,58,65)/t36-,45-,46-,56-/m0/s1. The molecule has 1 aliphatic carbocycles. The highest BCUT2D eigenvalue weighted by Crippen LogP contribution is 2.42. The van der Waals surface area contributed by atoms with Crippen molar-refractivity contribution in [3.8, 4) is 34.2 Å². The van der Waals surface area contributed by atoms with Crippen LogP contribution in [0.1, 0.15) is 104 Å². The van der Waals surface area contributed by atoms with Gasteiger partial charge in [0, 0.05) is 80.3 Å². The summed E-state index contributed by atoms with van der Waals surface area (Å²) in [5.41, 5.74) is 7.22. The van der Waals surface area contributed by atoms with E-state index in [4.69, 9.17) is 19.2 Å². The van der Waals surface area contributed by atoms with Gasteiger partial charge in [0.25, 0.3) is 11.8 Å². The Kier molecular flexibility index (Phi) is 15.2. The first-order chi connectivity index (χ1) is 33.7. The summed E-state index contributed by atoms with van der Waals surface area (Å²) in [5.74, 6) is 3.22. The van der Waals surface area contributed by atoms with E-state index in [1.54, 1.807) is 18.2 Å². The van der Waals surface area contributed by atoms with E-state index in [1.807, 2.05) is 79.8 Å². The number of nitrogens with one attached hydrogen (secondary N) is 2. The molecule has 0 spiro atoms. The Morgan fingerprint density at radius 1 is 1.07 bits per heavy atom. The molecule has 380 valence electrons. The molecule has 15 heteroatoms. The Balaban J connectivity index is 1.08. The number of fused-ring (bicyclic) bond motifs is 6. The summed E-state index contributed by atoms with van der Waals surface area (Å²) in [7, 11) is 3.73. The van der Waals surface area contributed by atoms with Crippen molar-refractivity contribution in [2.75, 3.05) is 47.0 Å². The number of benzene rings is 2. The Morgan fingerprint density at radius 3 is 2.52 bits per heavy atom. The topological polar surface area (TPSA) is 168 Å². The van der Waals surface area contributed by atoms with Gasteiger partial charge < -0.3 is 34.1 Å². The van der Waals surface area contributed by atoms with Gasteiger partial charge in [0.15, 0.2) is 0 Å². The van der Waals surface area contributed by atoms with Crippen LogP contribution < -0.4 is 10.7 Å². The maximum Gasteiger partial charge on any atom is 0.355 e. The molecule has 1 saturated carbocycles. The number of aliphatic hydroxyl groups is 1. The maximum atomic E-state index is 14.7. The number of hydrogen-bond acceptors (Lipinski definition) is 11. The zero-order chi connectivity index (χ0) is 51.0. The van der Waals surface area contributed by atoms with E-state index in [9.17, 15) is 24.3 Å². The third-order valence-electron chi connectivity index (χ3n) is 15.0. The van der Waals surface area contributed by atoms with Crippen molar-refractivity contribution in [1.82, 2.24) is 35.1 Å². The average Bonchev–Trinajstić information content (AvgIpc) is 4.14. The number of aromatic nitrogens is 2. The Hall–Kier alpha value is -5.63. The van der Waals surface area contributed by atoms with Crippen LogP contribution in [0.4, 0.5) is 0 Å². The molecule has 4 atom stereocenters. The van der Waals surface area contributed by atoms with Gasteiger partial charge in [-0.15, -0.1) is 0 Å². The van der Waals surface area contributed by atoms with Gasteiger partial charge in [-0.1, -0.05) is 63.9 Å². The molecule has 15 nitrogen and oxygen atoms in total. The fourth-order valence-electron chi connectivity index (χ4n) is 10.1. The summed E-state index contributed by atoms with van der Waals surface area (Å²) < 4.78 is 20.4. The van der Waals surface area contributed by atoms with E-state index in [0.717, 1.165) is 62.9 Å². The van der Waals surface area contributed by atoms with Gasteiger partial charge in [-0.2, -0.15) is 5.43 Å². The maximum absolute atomic E-state index is 14.7. The van der Waals surface area contributed by atoms with Crippen LogP contribution in [-0.4, -0.2) is 130 Å². The molecule has 5 heterocycles. The molecule has 3 amide bonds. The average molecular weight is 972 g/mol. The molecule has 4 aliphatic rings. The molecule has 2 aromatic carbocycles. The molecule has 8 rings (SSSR count). The van der Waals surface area contributed by atoms with E-state index < -0.39 is 40.5 Å². The van der Waals surface area contributed by atoms with Gasteiger partial charge in [-0.05, 0) is 119 Å². The lowest BCUT2D eigenvalue weighted by Gasteiger charge is -2.40. The van der Waals surface area contributed by atoms with Crippen molar-refractivity contribution in [2.24, 2.45) is 17.3 Å². The number of hydrazine groups is 1. The van der Waals surface area contributed by atoms with Gasteiger partial charge in [0.05, 0.1) is 48.3 Å². The first-order valence-corrected chi connectivity index (χ1v) is 25.4. The van der Waals surface area contributed by atoms with Gasteiger partial charge >= 0.3 is 5.97 Å². The summed E-state index contributed by atoms with van der Waals surface area (Å²) in [6.45, 7) is 17.8. The van der Waals surface area contributed by atoms with Crippen molar-refractivity contribution in [2.45, 2.75) is 136 Å². The monoisotopic (exact) mass is 972 g/mol. The molecule has 3 fully saturated rings. The normalized spacial score (nSPS) is 21.8. The molecule has 2 aromatic heterocycles. The number of aryl methyl sites for hydroxylation is 1. The highest BCUT2D eigenvalue weighted by Gasteiger charge is 2.45. The molecule has 4 aromatic rings. The number of hydrogen-bond donors (Lipinski definition) is 3. The van der Waals surface area contributed by atoms with Crippen LogP contribution in [0, 0.1) is 29.1 Å². The first-order valence-electron chi connectivity index (χ1n) is 25.4. The number of carbonyl (C=O) groups is 4. The first kappa shape index (κ1) is 51.7. The smallest absolute Gasteiger partial charge is 0.355 e. The second kappa shape index (κ2) is 20.8. The number of rotatable bonds is 12. The van der Waals surface area contributed by atoms with Crippen LogP contribution in [0.3, 0.4) is 0 Å². The van der Waals surface area contributed by atoms with Crippen LogP contribution in [-0.2, 0) is 52.8 Å². The van der Waals surface area contributed by atoms with Crippen LogP contribution in [0.5, 0.6) is 0 Å². The summed E-state index contributed by atoms with van der Waals surface area (Å²) in [6, 6.07) is 17.9. The predicted molar refractivity (Wildman–Crippen MR) is 272 cm³/mol. The number of esters is 1. The molecule has 6 bridgehead atoms. The fourth-order valence-corrected chi connectivity index (χ4v) is 10.1. The number of nitrogens with zero attached hydrogens (tertiary/aromatic N) is 5. The van der Waals surface area contributed by atoms with Gasteiger partial charge in [-0.3, -0.25) is 29.3 Å². The number of likely N-dealkylation sites (tertiary alicyclic amines) is 1. The third-order valence-corrected chi connectivity index (χ3v) is 15.0. The zero-order valence-corrected chi connectivity index (χ0v) is 43.3. The highest BCUT2D eigenvalue weighted by molar-refractivity contribution is 5.96. The van der Waals surface area contributed by atoms with Crippen molar-refractivity contribution < 1.29 is 38.5 Å². The fraction of sp³-hybridized carbons (Fsp3) is 0.554. The quantitative estimate of drug-likeness (QED) is 0.106. The highest BCUT2D eigenvalue weighted by atomic mass is 16.6. The van der Waals surface area contributed by atoms with Gasteiger partial charge in [0.1, 0.15) is 6.04 Å². The summed E-state index contributed by atoms with van der Waals surface area (Å²) in [5, 5.41) is 17.3. The molecule has 2 saturated heterocycles. The number of pyridine rings is 1. The number of methoxy groups -OCH3 is 1. The summed E-state index contributed by atoms with van der Waals surface area (Å²) in [6.07, 6.45) is 4.52. The lowest BCUT2D eigenvalue weighted by atomic mass is 9.84. The lowest BCUT2D eigenvalue weighted by molar-refractivity contribution is -0.189. The summed E-state index contributed by atoms with van der Waals surface area (Å²) in [4.78, 5) is 64.8. The number of amides is 3. The van der Waals surface area contributed by atoms with Crippen molar-refractivity contribution in [1.29, 1.82) is 0 Å². The molecule has 0 unspecified atom stereocenters. The second-order valence-corrected chi connectivity index (χ2v) is 21.7. The molecular formula is C56H73N7O8. The molecule has 3 aliphatic heterocycles. The van der Waals surface area contributed by atoms with Crippen LogP contribution in [0.15, 0.2) is 60.8 Å². The van der Waals surface area contributed by atoms with E-state index >= 15 is 0 Å². The minimum Gasteiger partial charge on any atom is -0.462 e. The SMILES string of the molecule is CCn1c(-c2cccnc2[C@H](C)OC)c2c3cc(ccc31)-c1cccc(c1)C[C@H](NC(=O)[C@@H](COC1CN(C(=O)C#CC(C)(C)N(C)C3CC3)C1)C(C)C)C(=O)N1CCC[C@@](O)(N1)C(=O)OCC(C)(C)C2. The predicted octanol–water partition coefficient (Wildman–Crippen LogP) is 6.44. The van der Waals surface area contributed by atoms with Crippen LogP contribution in [0.25, 0.3) is 33.3 Å². The Labute approximate surface area is 418 Å². The Bertz CT molecular complexity index is 2710. The number of cyclic esters (lactones) is 1. The van der Waals surface area contributed by atoms with E-state index in [-0.39, 0.29) is 62.5 Å². The van der Waals surface area contributed by atoms with E-state index in [2.05, 4.69) is 69.3 Å². The second-order valence-electron chi connectivity index (χ2n) is 21.7. The lowest BCUT2D eigenvalue weighted by Crippen LogP contribution is -2.67. The van der Waals surface area contributed by atoms with Crippen molar-refractivity contribution in [3.05, 3.63) is 77.6 Å². The number of ether oxygens (including phenoxy) is 3. The van der Waals surface area contributed by atoms with E-state index in [1.165, 1.54) is 5.01 Å². The largest absolute Gasteiger partial charge is 0.462 e. The van der Waals surface area contributed by atoms with Crippen molar-refractivity contribution >= 4 is 34.6 Å². The Morgan fingerprint density at radius 2 is 1.82 bits per heavy atom. The van der Waals surface area contributed by atoms with Gasteiger partial charge in [0.2, 0.25) is 11.6 Å². The molecule has 0 radical (unpaired) electrons. The zero-order valence-electron chi connectivity index (χ0n) is 43.3. The minimum absolute atomic E-state index is 0.0186. The summed E-state index contributed by atoms with van der Waals surface area (Å²) >= 11 is 0. The molecule has 3 N–H and O–H groups in total. The van der Waals surface area contributed by atoms with E-state index in [0.29, 0.717) is 38.5 Å². The van der Waals surface area contributed by atoms with Crippen LogP contribution >= 0.6 is 0 Å². The van der Waals surface area contributed by atoms with Gasteiger partial charge in [-0.25, -0.2) is 4.79 Å². The molecular weight excluding hydrogens is 899 g/mol. The third kappa shape index (κ3) is 11.2. The van der Waals surface area contributed by atoms with Crippen LogP contribution in [0.2, 0.25) is 0 Å². The minimum atomic E-state index is -2.19. The number of carbonyl (C=O) groups excluding carboxylic acids is 4. The van der Waals surface area contributed by atoms with Crippen molar-refractivity contribution in [3.63, 3.8) is 0 Å². The molecule has 71 heavy (non-hydrogen) atoms.